The van der Waals surface area contributed by atoms with Crippen LogP contribution in [0.15, 0.2) is 51.6 Å². The Morgan fingerprint density at radius 3 is 2.46 bits per heavy atom. The lowest BCUT2D eigenvalue weighted by atomic mass is 9.94. The number of piperazine rings is 1. The first-order valence-corrected chi connectivity index (χ1v) is 13.5. The number of carbonyl (C=O) groups is 2. The molecule has 5 rings (SSSR count). The molecule has 4 aliphatic rings. The largest absolute Gasteiger partial charge is 0.466 e. The summed E-state index contributed by atoms with van der Waals surface area (Å²) in [6, 6.07) is 7.72. The molecule has 3 heterocycles. The van der Waals surface area contributed by atoms with Crippen molar-refractivity contribution < 1.29 is 14.3 Å². The molecule has 3 aliphatic heterocycles. The summed E-state index contributed by atoms with van der Waals surface area (Å²) in [5.41, 5.74) is 2.85. The second-order valence-electron chi connectivity index (χ2n) is 9.47. The third-order valence-electron chi connectivity index (χ3n) is 7.43. The normalized spacial score (nSPS) is 23.3. The van der Waals surface area contributed by atoms with Gasteiger partial charge in [0.1, 0.15) is 0 Å². The van der Waals surface area contributed by atoms with Crippen molar-refractivity contribution in [3.63, 3.8) is 0 Å². The standard InChI is InChI=1S/C26H31ClN4O3S/c1-17-23(25(33)34-2)24(18-7-9-19(27)10-8-18)31-21(16-35-26(31)28-17)15-22(32)30-13-11-29(12-14-30)20-5-3-4-6-20/h7-10,16,20,24H,3-6,11-15H2,1-2H3/t24-/m1/s1. The minimum atomic E-state index is -0.430. The lowest BCUT2D eigenvalue weighted by molar-refractivity contribution is -0.136. The second kappa shape index (κ2) is 10.4. The van der Waals surface area contributed by atoms with Crippen LogP contribution in [0.25, 0.3) is 0 Å². The summed E-state index contributed by atoms with van der Waals surface area (Å²) in [5.74, 6) is -0.305. The Balaban J connectivity index is 1.34. The molecule has 9 heteroatoms. The highest BCUT2D eigenvalue weighted by Gasteiger charge is 2.41. The van der Waals surface area contributed by atoms with E-state index in [9.17, 15) is 9.59 Å². The van der Waals surface area contributed by atoms with Crippen LogP contribution in [0.5, 0.6) is 0 Å². The first-order valence-electron chi connectivity index (χ1n) is 12.3. The minimum absolute atomic E-state index is 0.116. The highest BCUT2D eigenvalue weighted by molar-refractivity contribution is 8.16. The summed E-state index contributed by atoms with van der Waals surface area (Å²) in [6.45, 7) is 5.26. The number of amidine groups is 1. The molecule has 0 spiro atoms. The van der Waals surface area contributed by atoms with E-state index in [1.807, 2.05) is 46.4 Å². The number of hydrogen-bond donors (Lipinski definition) is 0. The summed E-state index contributed by atoms with van der Waals surface area (Å²) in [5, 5.41) is 3.38. The Bertz CT molecular complexity index is 1090. The summed E-state index contributed by atoms with van der Waals surface area (Å²) in [7, 11) is 1.38. The van der Waals surface area contributed by atoms with Crippen LogP contribution in [-0.4, -0.2) is 71.1 Å². The molecule has 1 amide bonds. The van der Waals surface area contributed by atoms with Gasteiger partial charge in [0.25, 0.3) is 0 Å². The van der Waals surface area contributed by atoms with E-state index in [1.54, 1.807) is 0 Å². The van der Waals surface area contributed by atoms with E-state index in [0.29, 0.717) is 22.3 Å². The Kier molecular flexibility index (Phi) is 7.23. The Morgan fingerprint density at radius 2 is 1.80 bits per heavy atom. The van der Waals surface area contributed by atoms with Crippen LogP contribution in [0.1, 0.15) is 50.6 Å². The van der Waals surface area contributed by atoms with E-state index in [0.717, 1.165) is 42.6 Å². The van der Waals surface area contributed by atoms with Gasteiger partial charge >= 0.3 is 5.97 Å². The number of aliphatic imine (C=N–C) groups is 1. The summed E-state index contributed by atoms with van der Waals surface area (Å²) in [4.78, 5) is 37.4. The minimum Gasteiger partial charge on any atom is -0.466 e. The number of rotatable bonds is 5. The van der Waals surface area contributed by atoms with Crippen LogP contribution < -0.4 is 0 Å². The van der Waals surface area contributed by atoms with Gasteiger partial charge in [-0.3, -0.25) is 9.69 Å². The van der Waals surface area contributed by atoms with Gasteiger partial charge in [-0.2, -0.15) is 0 Å². The van der Waals surface area contributed by atoms with Gasteiger partial charge in [-0.1, -0.05) is 48.3 Å². The fraction of sp³-hybridized carbons (Fsp3) is 0.500. The molecular weight excluding hydrogens is 484 g/mol. The fourth-order valence-corrected chi connectivity index (χ4v) is 6.66. The van der Waals surface area contributed by atoms with Crippen molar-refractivity contribution in [3.8, 4) is 0 Å². The van der Waals surface area contributed by atoms with Crippen molar-refractivity contribution in [3.05, 3.63) is 57.2 Å². The number of esters is 1. The van der Waals surface area contributed by atoms with E-state index in [2.05, 4.69) is 9.89 Å². The molecular formula is C26H31ClN4O3S. The Morgan fingerprint density at radius 1 is 1.11 bits per heavy atom. The van der Waals surface area contributed by atoms with Gasteiger partial charge < -0.3 is 14.5 Å². The number of fused-ring (bicyclic) bond motifs is 1. The lowest BCUT2D eigenvalue weighted by Crippen LogP contribution is -2.51. The van der Waals surface area contributed by atoms with E-state index in [1.165, 1.54) is 44.6 Å². The van der Waals surface area contributed by atoms with Crippen LogP contribution in [0.2, 0.25) is 5.02 Å². The summed E-state index contributed by atoms with van der Waals surface area (Å²) < 4.78 is 5.12. The number of hydrogen-bond acceptors (Lipinski definition) is 7. The van der Waals surface area contributed by atoms with Crippen molar-refractivity contribution >= 4 is 40.4 Å². The molecule has 1 saturated heterocycles. The molecule has 1 saturated carbocycles. The zero-order valence-corrected chi connectivity index (χ0v) is 21.8. The Labute approximate surface area is 215 Å². The molecule has 0 unspecified atom stereocenters. The maximum absolute atomic E-state index is 13.3. The van der Waals surface area contributed by atoms with Gasteiger partial charge in [-0.05, 0) is 42.9 Å². The molecule has 186 valence electrons. The highest BCUT2D eigenvalue weighted by Crippen LogP contribution is 2.45. The SMILES string of the molecule is COC(=O)C1=C(C)N=C2SC=C(CC(=O)N3CCN(C4CCCC4)CC3)N2[C@@H]1c1ccc(Cl)cc1. The molecule has 1 atom stereocenters. The van der Waals surface area contributed by atoms with Crippen molar-refractivity contribution in [1.29, 1.82) is 0 Å². The summed E-state index contributed by atoms with van der Waals surface area (Å²) >= 11 is 7.63. The molecule has 0 N–H and O–H groups in total. The molecule has 2 fully saturated rings. The average molecular weight is 515 g/mol. The monoisotopic (exact) mass is 514 g/mol. The van der Waals surface area contributed by atoms with Crippen LogP contribution in [0.4, 0.5) is 0 Å². The van der Waals surface area contributed by atoms with Gasteiger partial charge in [0.15, 0.2) is 5.17 Å². The average Bonchev–Trinajstić information content (AvgIpc) is 3.54. The molecule has 1 aromatic carbocycles. The molecule has 35 heavy (non-hydrogen) atoms. The lowest BCUT2D eigenvalue weighted by Gasteiger charge is -2.39. The third kappa shape index (κ3) is 4.88. The van der Waals surface area contributed by atoms with Crippen molar-refractivity contribution in [2.24, 2.45) is 4.99 Å². The van der Waals surface area contributed by atoms with Crippen LogP contribution >= 0.6 is 23.4 Å². The van der Waals surface area contributed by atoms with Crippen LogP contribution in [0.3, 0.4) is 0 Å². The van der Waals surface area contributed by atoms with Crippen molar-refractivity contribution in [2.45, 2.75) is 51.1 Å². The second-order valence-corrected chi connectivity index (χ2v) is 10.7. The van der Waals surface area contributed by atoms with Crippen molar-refractivity contribution in [1.82, 2.24) is 14.7 Å². The number of halogens is 1. The van der Waals surface area contributed by atoms with Gasteiger partial charge in [0.05, 0.1) is 30.8 Å². The number of ether oxygens (including phenoxy) is 1. The highest BCUT2D eigenvalue weighted by atomic mass is 35.5. The van der Waals surface area contributed by atoms with E-state index in [4.69, 9.17) is 16.3 Å². The molecule has 1 aliphatic carbocycles. The quantitative estimate of drug-likeness (QED) is 0.536. The third-order valence-corrected chi connectivity index (χ3v) is 8.57. The maximum Gasteiger partial charge on any atom is 0.338 e. The maximum atomic E-state index is 13.3. The number of nitrogens with zero attached hydrogens (tertiary/aromatic N) is 4. The number of amides is 1. The van der Waals surface area contributed by atoms with Gasteiger partial charge in [0.2, 0.25) is 5.91 Å². The first kappa shape index (κ1) is 24.4. The van der Waals surface area contributed by atoms with E-state index < -0.39 is 12.0 Å². The number of carbonyl (C=O) groups excluding carboxylic acids is 2. The fourth-order valence-electron chi connectivity index (χ4n) is 5.57. The smallest absolute Gasteiger partial charge is 0.338 e. The number of benzene rings is 1. The van der Waals surface area contributed by atoms with E-state index >= 15 is 0 Å². The molecule has 0 aromatic heterocycles. The molecule has 1 aromatic rings. The van der Waals surface area contributed by atoms with Crippen LogP contribution in [0, 0.1) is 0 Å². The summed E-state index contributed by atoms with van der Waals surface area (Å²) in [6.07, 6.45) is 5.50. The van der Waals surface area contributed by atoms with Crippen LogP contribution in [-0.2, 0) is 14.3 Å². The molecule has 0 bridgehead atoms. The number of thioether (sulfide) groups is 1. The Hall–Kier alpha value is -2.29. The van der Waals surface area contributed by atoms with E-state index in [-0.39, 0.29) is 12.3 Å². The predicted octanol–water partition coefficient (Wildman–Crippen LogP) is 4.56. The first-order chi connectivity index (χ1) is 17.0. The van der Waals surface area contributed by atoms with Gasteiger partial charge in [-0.25, -0.2) is 9.79 Å². The number of methoxy groups -OCH3 is 1. The van der Waals surface area contributed by atoms with Gasteiger partial charge in [-0.15, -0.1) is 0 Å². The number of allylic oxidation sites excluding steroid dienone is 1. The predicted molar refractivity (Wildman–Crippen MR) is 139 cm³/mol. The van der Waals surface area contributed by atoms with Gasteiger partial charge in [0, 0.05) is 42.9 Å². The van der Waals surface area contributed by atoms with Crippen molar-refractivity contribution in [2.75, 3.05) is 33.3 Å². The topological polar surface area (TPSA) is 65.5 Å². The zero-order chi connectivity index (χ0) is 24.5. The molecule has 7 nitrogen and oxygen atoms in total. The molecule has 0 radical (unpaired) electrons. The zero-order valence-electron chi connectivity index (χ0n) is 20.2.